The largest absolute Gasteiger partial charge is 0.374 e. The number of anilines is 1. The zero-order valence-corrected chi connectivity index (χ0v) is 16.8. The summed E-state index contributed by atoms with van der Waals surface area (Å²) in [5, 5.41) is 0. The Balaban J connectivity index is 3.03. The van der Waals surface area contributed by atoms with E-state index in [0.717, 1.165) is 30.5 Å². The van der Waals surface area contributed by atoms with Crippen LogP contribution in [-0.2, 0) is 21.0 Å². The van der Waals surface area contributed by atoms with E-state index in [4.69, 9.17) is 14.8 Å². The summed E-state index contributed by atoms with van der Waals surface area (Å²) in [5.74, 6) is -2.09. The number of aromatic nitrogens is 2. The van der Waals surface area contributed by atoms with Crippen LogP contribution < -0.4 is 20.2 Å². The second kappa shape index (κ2) is 8.31. The van der Waals surface area contributed by atoms with Gasteiger partial charge in [-0.25, -0.2) is 9.78 Å². The highest BCUT2D eigenvalue weighted by atomic mass is 32.2. The lowest BCUT2D eigenvalue weighted by molar-refractivity contribution is -0.142. The molecule has 0 spiro atoms. The number of nitrogens with zero attached hydrogens (tertiary/aromatic N) is 3. The van der Waals surface area contributed by atoms with Gasteiger partial charge in [0.1, 0.15) is 5.69 Å². The fourth-order valence-corrected chi connectivity index (χ4v) is 3.15. The van der Waals surface area contributed by atoms with Crippen LogP contribution in [0.3, 0.4) is 0 Å². The average Bonchev–Trinajstić information content (AvgIpc) is 2.52. The Morgan fingerprint density at radius 3 is 2.25 bits per heavy atom. The van der Waals surface area contributed by atoms with Crippen molar-refractivity contribution >= 4 is 29.2 Å². The standard InChI is InChI=1S/C17H20N4O6S/c1-8-6-9(2)13(10(3)7-8)14-15(27-28(24)25)16(19-11(4)22)21(17(18)20-14)26-12(5)23/h6-7H,1-5H3,(H2,18,20)(H,24,25). The van der Waals surface area contributed by atoms with Gasteiger partial charge < -0.3 is 14.8 Å². The third-order valence-corrected chi connectivity index (χ3v) is 3.91. The number of aryl methyl sites for hydroxylation is 3. The Morgan fingerprint density at radius 1 is 1.21 bits per heavy atom. The molecule has 0 saturated carbocycles. The van der Waals surface area contributed by atoms with Crippen molar-refractivity contribution in [3.63, 3.8) is 0 Å². The Labute approximate surface area is 163 Å². The summed E-state index contributed by atoms with van der Waals surface area (Å²) in [6.45, 7) is 7.82. The van der Waals surface area contributed by atoms with Gasteiger partial charge in [0.05, 0.1) is 0 Å². The van der Waals surface area contributed by atoms with Gasteiger partial charge in [-0.15, -0.1) is 4.73 Å². The van der Waals surface area contributed by atoms with Gasteiger partial charge in [0.15, 0.2) is 0 Å². The van der Waals surface area contributed by atoms with E-state index in [1.54, 1.807) is 0 Å². The molecule has 0 aliphatic heterocycles. The van der Waals surface area contributed by atoms with Crippen molar-refractivity contribution in [2.75, 3.05) is 5.73 Å². The first-order valence-corrected chi connectivity index (χ1v) is 9.08. The zero-order valence-electron chi connectivity index (χ0n) is 16.0. The molecule has 1 amide bonds. The van der Waals surface area contributed by atoms with Gasteiger partial charge >= 0.3 is 17.3 Å². The molecule has 1 unspecified atom stereocenters. The number of nitrogen functional groups attached to an aromatic ring is 1. The third-order valence-electron chi connectivity index (χ3n) is 3.60. The van der Waals surface area contributed by atoms with E-state index in [9.17, 15) is 18.4 Å². The summed E-state index contributed by atoms with van der Waals surface area (Å²) in [6, 6.07) is 3.77. The first kappa shape index (κ1) is 21.3. The zero-order chi connectivity index (χ0) is 21.2. The molecular weight excluding hydrogens is 388 g/mol. The molecular formula is C17H20N4O6S. The number of carbonyl (C=O) groups is 2. The molecule has 1 aromatic carbocycles. The van der Waals surface area contributed by atoms with E-state index >= 15 is 0 Å². The van der Waals surface area contributed by atoms with Gasteiger partial charge in [0.25, 0.3) is 0 Å². The summed E-state index contributed by atoms with van der Waals surface area (Å²) in [6.07, 6.45) is 0. The monoisotopic (exact) mass is 408 g/mol. The van der Waals surface area contributed by atoms with E-state index in [-0.39, 0.29) is 22.9 Å². The lowest BCUT2D eigenvalue weighted by Gasteiger charge is -2.17. The number of hydrogen-bond acceptors (Lipinski definition) is 7. The maximum atomic E-state index is 11.7. The van der Waals surface area contributed by atoms with E-state index in [1.807, 2.05) is 32.9 Å². The molecule has 28 heavy (non-hydrogen) atoms. The number of nitrogens with two attached hydrogens (primary N) is 1. The number of rotatable bonds is 4. The molecule has 10 nitrogen and oxygen atoms in total. The average molecular weight is 408 g/mol. The summed E-state index contributed by atoms with van der Waals surface area (Å²) < 4.78 is 26.4. The van der Waals surface area contributed by atoms with Crippen molar-refractivity contribution in [1.82, 2.24) is 9.71 Å². The van der Waals surface area contributed by atoms with Crippen molar-refractivity contribution in [3.8, 4) is 17.0 Å². The van der Waals surface area contributed by atoms with Crippen LogP contribution in [0.25, 0.3) is 11.3 Å². The van der Waals surface area contributed by atoms with Crippen molar-refractivity contribution in [2.24, 2.45) is 4.99 Å². The molecule has 0 aliphatic rings. The van der Waals surface area contributed by atoms with Crippen LogP contribution in [0, 0.1) is 20.8 Å². The van der Waals surface area contributed by atoms with Gasteiger partial charge in [0, 0.05) is 19.4 Å². The number of hydrogen-bond donors (Lipinski definition) is 2. The van der Waals surface area contributed by atoms with Crippen molar-refractivity contribution in [1.29, 1.82) is 0 Å². The van der Waals surface area contributed by atoms with E-state index < -0.39 is 23.2 Å². The molecule has 1 heterocycles. The van der Waals surface area contributed by atoms with Crippen LogP contribution in [0.15, 0.2) is 17.1 Å². The molecule has 0 aliphatic carbocycles. The summed E-state index contributed by atoms with van der Waals surface area (Å²) in [5.41, 5.74) is 8.79. The predicted octanol–water partition coefficient (Wildman–Crippen LogP) is 0.995. The minimum atomic E-state index is -2.78. The van der Waals surface area contributed by atoms with E-state index in [0.29, 0.717) is 10.3 Å². The van der Waals surface area contributed by atoms with Gasteiger partial charge in [-0.2, -0.15) is 9.20 Å². The molecule has 0 saturated heterocycles. The van der Waals surface area contributed by atoms with Gasteiger partial charge in [-0.3, -0.25) is 9.35 Å². The summed E-state index contributed by atoms with van der Waals surface area (Å²) >= 11 is -2.78. The lowest BCUT2D eigenvalue weighted by Crippen LogP contribution is -2.35. The smallest absolute Gasteiger partial charge is 0.357 e. The fraction of sp³-hybridized carbons (Fsp3) is 0.294. The predicted molar refractivity (Wildman–Crippen MR) is 101 cm³/mol. The van der Waals surface area contributed by atoms with Gasteiger partial charge in [-0.1, -0.05) is 17.7 Å². The number of amides is 1. The molecule has 11 heteroatoms. The molecule has 0 bridgehead atoms. The fourth-order valence-electron chi connectivity index (χ4n) is 2.85. The Morgan fingerprint density at radius 2 is 1.79 bits per heavy atom. The molecule has 0 radical (unpaired) electrons. The highest BCUT2D eigenvalue weighted by Crippen LogP contribution is 2.32. The Kier molecular flexibility index (Phi) is 6.31. The Bertz CT molecular complexity index is 1040. The van der Waals surface area contributed by atoms with E-state index in [2.05, 4.69) is 9.98 Å². The highest BCUT2D eigenvalue weighted by Gasteiger charge is 2.23. The summed E-state index contributed by atoms with van der Waals surface area (Å²) in [4.78, 5) is 36.0. The second-order valence-corrected chi connectivity index (χ2v) is 6.65. The quantitative estimate of drug-likeness (QED) is 0.712. The molecule has 2 rings (SSSR count). The topological polar surface area (TPSA) is 146 Å². The lowest BCUT2D eigenvalue weighted by atomic mass is 9.97. The van der Waals surface area contributed by atoms with Crippen molar-refractivity contribution in [3.05, 3.63) is 34.3 Å². The SMILES string of the molecule is CC(=O)N=c1c(OS(=O)O)c(-c2c(C)cc(C)cc2C)nc(N)n1OC(C)=O. The van der Waals surface area contributed by atoms with Crippen molar-refractivity contribution < 1.29 is 27.4 Å². The van der Waals surface area contributed by atoms with Crippen LogP contribution in [0.2, 0.25) is 0 Å². The first-order chi connectivity index (χ1) is 13.0. The maximum Gasteiger partial charge on any atom is 0.357 e. The maximum absolute atomic E-state index is 11.7. The van der Waals surface area contributed by atoms with Crippen LogP contribution in [-0.4, -0.2) is 30.4 Å². The van der Waals surface area contributed by atoms with Crippen LogP contribution in [0.1, 0.15) is 30.5 Å². The van der Waals surface area contributed by atoms with Gasteiger partial charge in [0.2, 0.25) is 23.1 Å². The summed E-state index contributed by atoms with van der Waals surface area (Å²) in [7, 11) is 0. The van der Waals surface area contributed by atoms with Crippen molar-refractivity contribution in [2.45, 2.75) is 34.6 Å². The molecule has 0 fully saturated rings. The molecule has 150 valence electrons. The number of benzene rings is 1. The minimum absolute atomic E-state index is 0.0818. The third kappa shape index (κ3) is 4.61. The second-order valence-electron chi connectivity index (χ2n) is 6.05. The molecule has 2 aromatic rings. The minimum Gasteiger partial charge on any atom is -0.374 e. The van der Waals surface area contributed by atoms with Crippen LogP contribution in [0.5, 0.6) is 5.75 Å². The first-order valence-electron chi connectivity index (χ1n) is 8.05. The highest BCUT2D eigenvalue weighted by molar-refractivity contribution is 7.74. The van der Waals surface area contributed by atoms with Crippen LogP contribution in [0.4, 0.5) is 5.95 Å². The van der Waals surface area contributed by atoms with Gasteiger partial charge in [-0.05, 0) is 31.9 Å². The molecule has 1 atom stereocenters. The normalized spacial score (nSPS) is 12.6. The molecule has 3 N–H and O–H groups in total. The molecule has 1 aromatic heterocycles. The Hall–Kier alpha value is -3.05. The number of carbonyl (C=O) groups excluding carboxylic acids is 2. The van der Waals surface area contributed by atoms with E-state index in [1.165, 1.54) is 0 Å². The van der Waals surface area contributed by atoms with Crippen LogP contribution >= 0.6 is 0 Å².